The molecule has 0 bridgehead atoms. The van der Waals surface area contributed by atoms with Crippen LogP contribution in [0.3, 0.4) is 0 Å². The largest absolute Gasteiger partial charge is 0.480 e. The molecule has 170 valence electrons. The number of thiophene rings is 1. The number of rotatable bonds is 9. The van der Waals surface area contributed by atoms with Crippen molar-refractivity contribution in [3.8, 4) is 0 Å². The Morgan fingerprint density at radius 3 is 2.39 bits per heavy atom. The Bertz CT molecular complexity index is 1150. The second kappa shape index (κ2) is 11.3. The molecule has 0 fully saturated rings. The fourth-order valence-electron chi connectivity index (χ4n) is 2.76. The molecule has 0 saturated carbocycles. The van der Waals surface area contributed by atoms with Gasteiger partial charge in [0, 0.05) is 6.54 Å². The van der Waals surface area contributed by atoms with E-state index < -0.39 is 29.8 Å². The van der Waals surface area contributed by atoms with Gasteiger partial charge in [-0.1, -0.05) is 48.0 Å². The highest BCUT2D eigenvalue weighted by Gasteiger charge is 2.23. The first-order valence-corrected chi connectivity index (χ1v) is 11.0. The van der Waals surface area contributed by atoms with Gasteiger partial charge in [-0.3, -0.25) is 9.59 Å². The van der Waals surface area contributed by atoms with Crippen molar-refractivity contribution in [2.75, 3.05) is 6.54 Å². The van der Waals surface area contributed by atoms with Crippen LogP contribution in [0.2, 0.25) is 5.02 Å². The molecule has 3 aromatic rings. The average Bonchev–Trinajstić information content (AvgIpc) is 3.35. The lowest BCUT2D eigenvalue weighted by Crippen LogP contribution is -2.48. The van der Waals surface area contributed by atoms with Crippen LogP contribution in [0.25, 0.3) is 0 Å². The monoisotopic (exact) mass is 486 g/mol. The molecule has 1 aromatic heterocycles. The van der Waals surface area contributed by atoms with E-state index >= 15 is 0 Å². The molecule has 0 spiro atoms. The van der Waals surface area contributed by atoms with Crippen molar-refractivity contribution in [1.29, 1.82) is 0 Å². The van der Waals surface area contributed by atoms with Crippen molar-refractivity contribution in [3.05, 3.63) is 92.6 Å². The van der Waals surface area contributed by atoms with E-state index in [-0.39, 0.29) is 29.3 Å². The second-order valence-electron chi connectivity index (χ2n) is 6.81. The topological polar surface area (TPSA) is 122 Å². The van der Waals surface area contributed by atoms with E-state index in [2.05, 4.69) is 10.6 Å². The van der Waals surface area contributed by atoms with Crippen LogP contribution in [0, 0.1) is 0 Å². The Balaban J connectivity index is 1.60. The zero-order chi connectivity index (χ0) is 23.8. The van der Waals surface area contributed by atoms with E-state index in [9.17, 15) is 24.3 Å². The van der Waals surface area contributed by atoms with Crippen molar-refractivity contribution < 1.29 is 29.0 Å². The number of carboxylic acids is 1. The number of aliphatic carboxylic acids is 1. The summed E-state index contributed by atoms with van der Waals surface area (Å²) >= 11 is 7.37. The Labute approximate surface area is 198 Å². The highest BCUT2D eigenvalue weighted by molar-refractivity contribution is 7.12. The summed E-state index contributed by atoms with van der Waals surface area (Å²) in [5.74, 6) is -3.15. The molecule has 10 heteroatoms. The minimum atomic E-state index is -1.38. The summed E-state index contributed by atoms with van der Waals surface area (Å²) in [6.07, 6.45) is 0. The van der Waals surface area contributed by atoms with Crippen LogP contribution in [0.5, 0.6) is 0 Å². The van der Waals surface area contributed by atoms with Crippen LogP contribution >= 0.6 is 22.9 Å². The highest BCUT2D eigenvalue weighted by Crippen LogP contribution is 2.19. The van der Waals surface area contributed by atoms with Crippen LogP contribution in [-0.2, 0) is 16.1 Å². The molecule has 0 aliphatic rings. The molecule has 3 N–H and O–H groups in total. The Kier molecular flexibility index (Phi) is 8.17. The van der Waals surface area contributed by atoms with Gasteiger partial charge in [-0.2, -0.15) is 0 Å². The maximum Gasteiger partial charge on any atom is 0.338 e. The Morgan fingerprint density at radius 2 is 1.76 bits per heavy atom. The summed E-state index contributed by atoms with van der Waals surface area (Å²) < 4.78 is 5.24. The maximum absolute atomic E-state index is 12.6. The van der Waals surface area contributed by atoms with E-state index in [0.717, 1.165) is 5.56 Å². The number of benzene rings is 2. The van der Waals surface area contributed by atoms with Crippen LogP contribution in [0.1, 0.15) is 36.0 Å². The zero-order valence-corrected chi connectivity index (χ0v) is 18.7. The first-order valence-electron chi connectivity index (χ1n) is 9.71. The van der Waals surface area contributed by atoms with Crippen LogP contribution in [0.15, 0.2) is 66.0 Å². The summed E-state index contributed by atoms with van der Waals surface area (Å²) in [5.41, 5.74) is 0.941. The number of amides is 2. The molecule has 2 amide bonds. The van der Waals surface area contributed by atoms with Crippen LogP contribution in [0.4, 0.5) is 0 Å². The summed E-state index contributed by atoms with van der Waals surface area (Å²) in [6.45, 7) is -0.240. The van der Waals surface area contributed by atoms with Gasteiger partial charge in [0.05, 0.1) is 21.0 Å². The molecular formula is C23H19ClN2O6S. The van der Waals surface area contributed by atoms with Gasteiger partial charge in [0.2, 0.25) is 0 Å². The second-order valence-corrected chi connectivity index (χ2v) is 8.16. The minimum Gasteiger partial charge on any atom is -0.480 e. The minimum absolute atomic E-state index is 0.0212. The smallest absolute Gasteiger partial charge is 0.338 e. The lowest BCUT2D eigenvalue weighted by atomic mass is 10.1. The molecule has 3 rings (SSSR count). The zero-order valence-electron chi connectivity index (χ0n) is 17.1. The lowest BCUT2D eigenvalue weighted by Gasteiger charge is -2.16. The summed E-state index contributed by atoms with van der Waals surface area (Å²) in [4.78, 5) is 48.8. The van der Waals surface area contributed by atoms with Crippen molar-refractivity contribution in [3.63, 3.8) is 0 Å². The van der Waals surface area contributed by atoms with Gasteiger partial charge in [0.25, 0.3) is 11.8 Å². The fraction of sp³-hybridized carbons (Fsp3) is 0.130. The maximum atomic E-state index is 12.6. The van der Waals surface area contributed by atoms with Crippen molar-refractivity contribution in [2.45, 2.75) is 12.6 Å². The third-order valence-corrected chi connectivity index (χ3v) is 5.66. The quantitative estimate of drug-likeness (QED) is 0.399. The standard InChI is InChI=1S/C23H19ClN2O6S/c24-17-11-15(23(31)32-13-14-5-2-1-3-6-14)8-9-16(17)20(27)26-18(22(29)30)12-25-21(28)19-7-4-10-33-19/h1-11,18H,12-13H2,(H,25,28)(H,26,27)(H,29,30)/t18-/m0/s1. The predicted molar refractivity (Wildman–Crippen MR) is 123 cm³/mol. The average molecular weight is 487 g/mol. The molecule has 1 heterocycles. The number of carboxylic acid groups (broad SMARTS) is 1. The molecular weight excluding hydrogens is 468 g/mol. The number of esters is 1. The normalized spacial score (nSPS) is 11.3. The molecule has 0 aliphatic carbocycles. The van der Waals surface area contributed by atoms with Crippen molar-refractivity contribution in [2.24, 2.45) is 0 Å². The fourth-order valence-corrected chi connectivity index (χ4v) is 3.66. The Hall–Kier alpha value is -3.69. The number of hydrogen-bond acceptors (Lipinski definition) is 6. The molecule has 0 aliphatic heterocycles. The van der Waals surface area contributed by atoms with Crippen molar-refractivity contribution in [1.82, 2.24) is 10.6 Å². The number of halogens is 1. The van der Waals surface area contributed by atoms with Gasteiger partial charge in [-0.25, -0.2) is 9.59 Å². The summed E-state index contributed by atoms with van der Waals surface area (Å²) in [6, 6.07) is 15.0. The van der Waals surface area contributed by atoms with Gasteiger partial charge in [-0.05, 0) is 35.2 Å². The van der Waals surface area contributed by atoms with E-state index in [1.54, 1.807) is 17.5 Å². The SMILES string of the molecule is O=C(OCc1ccccc1)c1ccc(C(=O)N[C@@H](CNC(=O)c2cccs2)C(=O)O)c(Cl)c1. The predicted octanol–water partition coefficient (Wildman–Crippen LogP) is 3.37. The van der Waals surface area contributed by atoms with E-state index in [4.69, 9.17) is 16.3 Å². The summed E-state index contributed by atoms with van der Waals surface area (Å²) in [7, 11) is 0. The molecule has 8 nitrogen and oxygen atoms in total. The number of ether oxygens (including phenoxy) is 1. The first kappa shape index (κ1) is 24.0. The van der Waals surface area contributed by atoms with Crippen LogP contribution in [-0.4, -0.2) is 41.4 Å². The summed E-state index contributed by atoms with van der Waals surface area (Å²) in [5, 5.41) is 15.9. The van der Waals surface area contributed by atoms with E-state index in [1.807, 2.05) is 30.3 Å². The number of carbonyl (C=O) groups is 4. The highest BCUT2D eigenvalue weighted by atomic mass is 35.5. The molecule has 33 heavy (non-hydrogen) atoms. The van der Waals surface area contributed by atoms with Gasteiger partial charge in [0.1, 0.15) is 12.6 Å². The molecule has 0 radical (unpaired) electrons. The number of hydrogen-bond donors (Lipinski definition) is 3. The molecule has 1 atom stereocenters. The molecule has 0 unspecified atom stereocenters. The van der Waals surface area contributed by atoms with Gasteiger partial charge < -0.3 is 20.5 Å². The van der Waals surface area contributed by atoms with Crippen molar-refractivity contribution >= 4 is 46.7 Å². The molecule has 2 aromatic carbocycles. The van der Waals surface area contributed by atoms with Crippen LogP contribution < -0.4 is 10.6 Å². The van der Waals surface area contributed by atoms with Gasteiger partial charge >= 0.3 is 11.9 Å². The van der Waals surface area contributed by atoms with Gasteiger partial charge in [-0.15, -0.1) is 11.3 Å². The third kappa shape index (κ3) is 6.64. The molecule has 0 saturated heterocycles. The number of nitrogens with one attached hydrogen (secondary N) is 2. The van der Waals surface area contributed by atoms with Gasteiger partial charge in [0.15, 0.2) is 0 Å². The lowest BCUT2D eigenvalue weighted by molar-refractivity contribution is -0.139. The van der Waals surface area contributed by atoms with E-state index in [0.29, 0.717) is 4.88 Å². The Morgan fingerprint density at radius 1 is 1.00 bits per heavy atom. The van der Waals surface area contributed by atoms with E-state index in [1.165, 1.54) is 29.5 Å². The first-order chi connectivity index (χ1) is 15.8. The number of carbonyl (C=O) groups excluding carboxylic acids is 3. The third-order valence-electron chi connectivity index (χ3n) is 4.48.